The lowest BCUT2D eigenvalue weighted by Crippen LogP contribution is -2.40. The van der Waals surface area contributed by atoms with Crippen LogP contribution in [0.1, 0.15) is 31.2 Å². The Morgan fingerprint density at radius 1 is 1.04 bits per heavy atom. The largest absolute Gasteiger partial charge is 0.331 e. The molecular weight excluding hydrogens is 334 g/mol. The number of benzene rings is 2. The summed E-state index contributed by atoms with van der Waals surface area (Å²) in [6, 6.07) is 14.9. The predicted octanol–water partition coefficient (Wildman–Crippen LogP) is 5.66. The highest BCUT2D eigenvalue weighted by atomic mass is 35.5. The van der Waals surface area contributed by atoms with Crippen LogP contribution in [0, 0.1) is 6.92 Å². The maximum absolute atomic E-state index is 13.0. The summed E-state index contributed by atoms with van der Waals surface area (Å²) in [6.45, 7) is 2.80. The summed E-state index contributed by atoms with van der Waals surface area (Å²) in [5.41, 5.74) is 2.70. The van der Waals surface area contributed by atoms with Crippen molar-refractivity contribution in [3.05, 3.63) is 59.1 Å². The first-order chi connectivity index (χ1) is 12.1. The van der Waals surface area contributed by atoms with Crippen molar-refractivity contribution in [1.29, 1.82) is 0 Å². The fraction of sp³-hybridized carbons (Fsp3) is 0.300. The number of aryl methyl sites for hydroxylation is 1. The Morgan fingerprint density at radius 2 is 1.76 bits per heavy atom. The summed E-state index contributed by atoms with van der Waals surface area (Å²) in [7, 11) is 0. The zero-order chi connectivity index (χ0) is 17.6. The van der Waals surface area contributed by atoms with Gasteiger partial charge in [0.05, 0.1) is 5.69 Å². The Morgan fingerprint density at radius 3 is 2.48 bits per heavy atom. The molecule has 130 valence electrons. The molecule has 2 aromatic rings. The first-order valence-electron chi connectivity index (χ1n) is 8.60. The molecule has 0 aliphatic carbocycles. The van der Waals surface area contributed by atoms with Gasteiger partial charge in [0.2, 0.25) is 0 Å². The van der Waals surface area contributed by atoms with E-state index in [0.29, 0.717) is 10.7 Å². The third-order valence-corrected chi connectivity index (χ3v) is 4.45. The molecule has 2 amide bonds. The van der Waals surface area contributed by atoms with E-state index in [4.69, 9.17) is 11.6 Å². The van der Waals surface area contributed by atoms with Gasteiger partial charge in [-0.25, -0.2) is 4.79 Å². The molecule has 25 heavy (non-hydrogen) atoms. The Balaban J connectivity index is 1.89. The number of amidine groups is 1. The molecule has 1 aliphatic heterocycles. The van der Waals surface area contributed by atoms with Crippen LogP contribution in [0.2, 0.25) is 5.02 Å². The van der Waals surface area contributed by atoms with Crippen LogP contribution in [0.4, 0.5) is 16.2 Å². The molecule has 0 saturated heterocycles. The fourth-order valence-electron chi connectivity index (χ4n) is 2.83. The van der Waals surface area contributed by atoms with Crippen molar-refractivity contribution < 1.29 is 4.79 Å². The van der Waals surface area contributed by atoms with E-state index in [1.807, 2.05) is 31.2 Å². The molecular formula is C20H22ClN3O. The lowest BCUT2D eigenvalue weighted by Gasteiger charge is -2.24. The molecule has 3 rings (SSSR count). The minimum Gasteiger partial charge on any atom is -0.307 e. The highest BCUT2D eigenvalue weighted by Crippen LogP contribution is 2.22. The van der Waals surface area contributed by atoms with E-state index in [9.17, 15) is 4.79 Å². The van der Waals surface area contributed by atoms with Crippen LogP contribution in [-0.2, 0) is 0 Å². The van der Waals surface area contributed by atoms with Gasteiger partial charge in [0.15, 0.2) is 0 Å². The Bertz CT molecular complexity index is 754. The number of aliphatic imine (C=N–C) groups is 1. The van der Waals surface area contributed by atoms with Crippen molar-refractivity contribution >= 4 is 34.8 Å². The monoisotopic (exact) mass is 355 g/mol. The van der Waals surface area contributed by atoms with Gasteiger partial charge in [0, 0.05) is 23.7 Å². The number of nitrogens with zero attached hydrogens (tertiary/aromatic N) is 2. The quantitative estimate of drug-likeness (QED) is 0.742. The number of rotatable bonds is 2. The molecule has 2 aromatic carbocycles. The number of hydrogen-bond donors (Lipinski definition) is 1. The minimum absolute atomic E-state index is 0.202. The summed E-state index contributed by atoms with van der Waals surface area (Å²) < 4.78 is 0. The molecule has 5 heteroatoms. The summed E-state index contributed by atoms with van der Waals surface area (Å²) in [4.78, 5) is 19.3. The lowest BCUT2D eigenvalue weighted by atomic mass is 10.1. The van der Waals surface area contributed by atoms with Gasteiger partial charge in [-0.05, 0) is 56.2 Å². The van der Waals surface area contributed by atoms with Crippen molar-refractivity contribution in [2.24, 2.45) is 4.99 Å². The average molecular weight is 356 g/mol. The molecule has 0 saturated carbocycles. The van der Waals surface area contributed by atoms with Crippen LogP contribution in [0.25, 0.3) is 0 Å². The smallest absolute Gasteiger partial charge is 0.307 e. The molecule has 1 aliphatic rings. The third-order valence-electron chi connectivity index (χ3n) is 4.20. The Hall–Kier alpha value is -2.33. The van der Waals surface area contributed by atoms with Crippen molar-refractivity contribution in [2.45, 2.75) is 32.6 Å². The summed E-state index contributed by atoms with van der Waals surface area (Å²) >= 11 is 5.92. The van der Waals surface area contributed by atoms with Crippen LogP contribution in [0.5, 0.6) is 0 Å². The normalized spacial score (nSPS) is 14.4. The van der Waals surface area contributed by atoms with Crippen molar-refractivity contribution in [3.63, 3.8) is 0 Å². The van der Waals surface area contributed by atoms with Gasteiger partial charge in [-0.1, -0.05) is 35.7 Å². The van der Waals surface area contributed by atoms with Crippen LogP contribution in [0.15, 0.2) is 53.5 Å². The van der Waals surface area contributed by atoms with Crippen molar-refractivity contribution in [1.82, 2.24) is 0 Å². The number of carbonyl (C=O) groups excluding carboxylic acids is 1. The van der Waals surface area contributed by atoms with Gasteiger partial charge in [-0.3, -0.25) is 9.89 Å². The van der Waals surface area contributed by atoms with Gasteiger partial charge in [-0.2, -0.15) is 0 Å². The third kappa shape index (κ3) is 4.60. The second-order valence-electron chi connectivity index (χ2n) is 6.22. The standard InChI is InChI=1S/C20H22ClN3O/c1-15-6-12-18(13-7-15)24(19-5-3-2-4-14-22-19)20(25)23-17-10-8-16(21)9-11-17/h6-13H,2-5,14H2,1H3,(H,23,25). The van der Waals surface area contributed by atoms with Gasteiger partial charge in [0.1, 0.15) is 5.84 Å². The SMILES string of the molecule is Cc1ccc(N(C(=O)Nc2ccc(Cl)cc2)C2=NCCCCC2)cc1. The first kappa shape index (κ1) is 17.5. The molecule has 0 fully saturated rings. The molecule has 0 unspecified atom stereocenters. The molecule has 0 bridgehead atoms. The molecule has 4 nitrogen and oxygen atoms in total. The van der Waals surface area contributed by atoms with Crippen LogP contribution >= 0.6 is 11.6 Å². The zero-order valence-corrected chi connectivity index (χ0v) is 15.1. The number of amides is 2. The second-order valence-corrected chi connectivity index (χ2v) is 6.65. The summed E-state index contributed by atoms with van der Waals surface area (Å²) in [5, 5.41) is 3.59. The maximum atomic E-state index is 13.0. The molecule has 1 N–H and O–H groups in total. The molecule has 0 radical (unpaired) electrons. The number of urea groups is 1. The van der Waals surface area contributed by atoms with Crippen LogP contribution in [0.3, 0.4) is 0 Å². The summed E-state index contributed by atoms with van der Waals surface area (Å²) in [6.07, 6.45) is 4.08. The molecule has 0 atom stereocenters. The fourth-order valence-corrected chi connectivity index (χ4v) is 2.96. The maximum Gasteiger partial charge on any atom is 0.331 e. The predicted molar refractivity (Wildman–Crippen MR) is 105 cm³/mol. The number of hydrogen-bond acceptors (Lipinski definition) is 2. The van der Waals surface area contributed by atoms with E-state index in [1.165, 1.54) is 0 Å². The van der Waals surface area contributed by atoms with E-state index in [1.54, 1.807) is 29.2 Å². The number of nitrogens with one attached hydrogen (secondary N) is 1. The van der Waals surface area contributed by atoms with E-state index in [2.05, 4.69) is 10.3 Å². The van der Waals surface area contributed by atoms with Crippen LogP contribution in [-0.4, -0.2) is 18.4 Å². The number of carbonyl (C=O) groups is 1. The van der Waals surface area contributed by atoms with E-state index >= 15 is 0 Å². The lowest BCUT2D eigenvalue weighted by molar-refractivity contribution is 0.259. The van der Waals surface area contributed by atoms with Crippen molar-refractivity contribution in [3.8, 4) is 0 Å². The van der Waals surface area contributed by atoms with Crippen LogP contribution < -0.4 is 10.2 Å². The van der Waals surface area contributed by atoms with E-state index < -0.39 is 0 Å². The van der Waals surface area contributed by atoms with Gasteiger partial charge < -0.3 is 5.32 Å². The van der Waals surface area contributed by atoms with Gasteiger partial charge in [-0.15, -0.1) is 0 Å². The average Bonchev–Trinajstić information content (AvgIpc) is 2.88. The highest BCUT2D eigenvalue weighted by molar-refractivity contribution is 6.30. The van der Waals surface area contributed by atoms with Gasteiger partial charge in [0.25, 0.3) is 0 Å². The molecule has 1 heterocycles. The highest BCUT2D eigenvalue weighted by Gasteiger charge is 2.22. The topological polar surface area (TPSA) is 44.7 Å². The molecule has 0 spiro atoms. The Labute approximate surface area is 153 Å². The zero-order valence-electron chi connectivity index (χ0n) is 14.3. The first-order valence-corrected chi connectivity index (χ1v) is 8.98. The second kappa shape index (κ2) is 8.17. The van der Waals surface area contributed by atoms with E-state index in [-0.39, 0.29) is 6.03 Å². The summed E-state index contributed by atoms with van der Waals surface area (Å²) in [5.74, 6) is 0.827. The van der Waals surface area contributed by atoms with E-state index in [0.717, 1.165) is 49.3 Å². The number of halogens is 1. The number of anilines is 2. The van der Waals surface area contributed by atoms with Crippen molar-refractivity contribution in [2.75, 3.05) is 16.8 Å². The minimum atomic E-state index is -0.202. The molecule has 0 aromatic heterocycles. The Kier molecular flexibility index (Phi) is 5.71. The van der Waals surface area contributed by atoms with Gasteiger partial charge >= 0.3 is 6.03 Å².